The summed E-state index contributed by atoms with van der Waals surface area (Å²) in [7, 11) is 1.63. The van der Waals surface area contributed by atoms with Crippen molar-refractivity contribution in [2.24, 2.45) is 0 Å². The van der Waals surface area contributed by atoms with Gasteiger partial charge in [-0.3, -0.25) is 9.59 Å². The Labute approximate surface area is 173 Å². The zero-order valence-corrected chi connectivity index (χ0v) is 17.5. The molecule has 2 aromatic carbocycles. The minimum atomic E-state index is -0.129. The van der Waals surface area contributed by atoms with Crippen molar-refractivity contribution < 1.29 is 14.3 Å². The maximum Gasteiger partial charge on any atom is 0.253 e. The van der Waals surface area contributed by atoms with E-state index in [1.807, 2.05) is 29.2 Å². The van der Waals surface area contributed by atoms with Crippen LogP contribution in [-0.4, -0.2) is 43.5 Å². The fourth-order valence-corrected chi connectivity index (χ4v) is 3.00. The summed E-state index contributed by atoms with van der Waals surface area (Å²) >= 11 is 0. The van der Waals surface area contributed by atoms with Crippen molar-refractivity contribution >= 4 is 17.5 Å². The van der Waals surface area contributed by atoms with E-state index in [2.05, 4.69) is 24.5 Å². The predicted molar refractivity (Wildman–Crippen MR) is 116 cm³/mol. The summed E-state index contributed by atoms with van der Waals surface area (Å²) in [6, 6.07) is 14.8. The highest BCUT2D eigenvalue weighted by atomic mass is 16.5. The van der Waals surface area contributed by atoms with E-state index >= 15 is 0 Å². The minimum absolute atomic E-state index is 0.0349. The lowest BCUT2D eigenvalue weighted by Gasteiger charge is -2.21. The molecule has 0 bridgehead atoms. The second kappa shape index (κ2) is 11.9. The number of hydrogen-bond acceptors (Lipinski definition) is 4. The molecule has 0 fully saturated rings. The number of amides is 2. The van der Waals surface area contributed by atoms with Crippen LogP contribution in [0.3, 0.4) is 0 Å². The van der Waals surface area contributed by atoms with Gasteiger partial charge < -0.3 is 20.3 Å². The van der Waals surface area contributed by atoms with Gasteiger partial charge in [0.25, 0.3) is 5.91 Å². The van der Waals surface area contributed by atoms with E-state index in [0.29, 0.717) is 17.8 Å². The summed E-state index contributed by atoms with van der Waals surface area (Å²) in [5.74, 6) is 0.713. The Morgan fingerprint density at radius 1 is 0.931 bits per heavy atom. The molecule has 156 valence electrons. The summed E-state index contributed by atoms with van der Waals surface area (Å²) in [4.78, 5) is 26.6. The molecule has 0 aromatic heterocycles. The lowest BCUT2D eigenvalue weighted by molar-refractivity contribution is -0.115. The first-order chi connectivity index (χ1) is 14.1. The molecule has 0 aliphatic heterocycles. The van der Waals surface area contributed by atoms with Gasteiger partial charge in [-0.15, -0.1) is 0 Å². The number of methoxy groups -OCH3 is 1. The Kier molecular flexibility index (Phi) is 9.18. The maximum atomic E-state index is 12.6. The van der Waals surface area contributed by atoms with Crippen LogP contribution in [0.15, 0.2) is 48.5 Å². The smallest absolute Gasteiger partial charge is 0.253 e. The van der Waals surface area contributed by atoms with E-state index in [4.69, 9.17) is 4.74 Å². The summed E-state index contributed by atoms with van der Waals surface area (Å²) in [6.45, 7) is 6.44. The Balaban J connectivity index is 1.81. The molecule has 6 heteroatoms. The van der Waals surface area contributed by atoms with Crippen LogP contribution in [0.1, 0.15) is 42.6 Å². The maximum absolute atomic E-state index is 12.6. The molecule has 0 saturated carbocycles. The van der Waals surface area contributed by atoms with Gasteiger partial charge in [0.05, 0.1) is 13.7 Å². The van der Waals surface area contributed by atoms with Gasteiger partial charge >= 0.3 is 0 Å². The molecule has 0 atom stereocenters. The fourth-order valence-electron chi connectivity index (χ4n) is 3.00. The third kappa shape index (κ3) is 7.23. The van der Waals surface area contributed by atoms with Crippen LogP contribution in [0.4, 0.5) is 5.69 Å². The van der Waals surface area contributed by atoms with Crippen LogP contribution in [0.2, 0.25) is 0 Å². The van der Waals surface area contributed by atoms with Crippen LogP contribution >= 0.6 is 0 Å². The molecular formula is C23H31N3O3. The Morgan fingerprint density at radius 3 is 2.10 bits per heavy atom. The van der Waals surface area contributed by atoms with Crippen LogP contribution < -0.4 is 15.4 Å². The van der Waals surface area contributed by atoms with Crippen molar-refractivity contribution in [1.82, 2.24) is 10.2 Å². The highest BCUT2D eigenvalue weighted by Crippen LogP contribution is 2.13. The standard InChI is InChI=1S/C23H31N3O3/c1-4-14-26(15-5-2)23(28)19-8-10-20(11-9-19)25-22(27)17-24-16-18-6-12-21(29-3)13-7-18/h6-13,24H,4-5,14-17H2,1-3H3,(H,25,27). The average molecular weight is 398 g/mol. The second-order valence-corrected chi connectivity index (χ2v) is 6.87. The van der Waals surface area contributed by atoms with E-state index in [1.54, 1.807) is 31.4 Å². The molecule has 6 nitrogen and oxygen atoms in total. The molecule has 29 heavy (non-hydrogen) atoms. The molecule has 0 unspecified atom stereocenters. The average Bonchev–Trinajstić information content (AvgIpc) is 2.74. The first kappa shape index (κ1) is 22.4. The largest absolute Gasteiger partial charge is 0.497 e. The first-order valence-corrected chi connectivity index (χ1v) is 10.1. The Morgan fingerprint density at radius 2 is 1.55 bits per heavy atom. The Bertz CT molecular complexity index is 767. The van der Waals surface area contributed by atoms with Crippen molar-refractivity contribution in [3.8, 4) is 5.75 Å². The van der Waals surface area contributed by atoms with Gasteiger partial charge in [-0.2, -0.15) is 0 Å². The van der Waals surface area contributed by atoms with Crippen molar-refractivity contribution in [3.63, 3.8) is 0 Å². The molecule has 2 rings (SSSR count). The summed E-state index contributed by atoms with van der Waals surface area (Å²) in [5.41, 5.74) is 2.39. The van der Waals surface area contributed by atoms with Crippen LogP contribution in [0.5, 0.6) is 5.75 Å². The van der Waals surface area contributed by atoms with E-state index in [9.17, 15) is 9.59 Å². The molecule has 2 N–H and O–H groups in total. The summed E-state index contributed by atoms with van der Waals surface area (Å²) in [5, 5.41) is 5.96. The lowest BCUT2D eigenvalue weighted by Crippen LogP contribution is -2.32. The Hall–Kier alpha value is -2.86. The lowest BCUT2D eigenvalue weighted by atomic mass is 10.1. The number of hydrogen-bond donors (Lipinski definition) is 2. The number of carbonyl (C=O) groups is 2. The van der Waals surface area contributed by atoms with Gasteiger partial charge in [0.2, 0.25) is 5.91 Å². The second-order valence-electron chi connectivity index (χ2n) is 6.87. The SMILES string of the molecule is CCCN(CCC)C(=O)c1ccc(NC(=O)CNCc2ccc(OC)cc2)cc1. The summed E-state index contributed by atoms with van der Waals surface area (Å²) < 4.78 is 5.13. The highest BCUT2D eigenvalue weighted by molar-refractivity contribution is 5.96. The minimum Gasteiger partial charge on any atom is -0.497 e. The van der Waals surface area contributed by atoms with Crippen molar-refractivity contribution in [2.75, 3.05) is 32.1 Å². The molecule has 0 aliphatic rings. The number of ether oxygens (including phenoxy) is 1. The molecule has 2 aromatic rings. The molecule has 2 amide bonds. The highest BCUT2D eigenvalue weighted by Gasteiger charge is 2.14. The van der Waals surface area contributed by atoms with Crippen molar-refractivity contribution in [3.05, 3.63) is 59.7 Å². The van der Waals surface area contributed by atoms with Gasteiger partial charge in [-0.25, -0.2) is 0 Å². The number of carbonyl (C=O) groups excluding carboxylic acids is 2. The van der Waals surface area contributed by atoms with Gasteiger partial charge in [0, 0.05) is 30.9 Å². The molecule has 0 aliphatic carbocycles. The fraction of sp³-hybridized carbons (Fsp3) is 0.391. The molecular weight excluding hydrogens is 366 g/mol. The van der Waals surface area contributed by atoms with Gasteiger partial charge in [0.15, 0.2) is 0 Å². The van der Waals surface area contributed by atoms with E-state index in [1.165, 1.54) is 0 Å². The molecule has 0 saturated heterocycles. The van der Waals surface area contributed by atoms with Gasteiger partial charge in [-0.05, 0) is 54.8 Å². The van der Waals surface area contributed by atoms with Gasteiger partial charge in [0.1, 0.15) is 5.75 Å². The van der Waals surface area contributed by atoms with E-state index in [-0.39, 0.29) is 18.4 Å². The van der Waals surface area contributed by atoms with Gasteiger partial charge in [-0.1, -0.05) is 26.0 Å². The van der Waals surface area contributed by atoms with Crippen molar-refractivity contribution in [2.45, 2.75) is 33.2 Å². The van der Waals surface area contributed by atoms with Crippen LogP contribution in [0, 0.1) is 0 Å². The van der Waals surface area contributed by atoms with Crippen molar-refractivity contribution in [1.29, 1.82) is 0 Å². The third-order valence-corrected chi connectivity index (χ3v) is 4.46. The van der Waals surface area contributed by atoms with Crippen LogP contribution in [0.25, 0.3) is 0 Å². The number of benzene rings is 2. The van der Waals surface area contributed by atoms with E-state index in [0.717, 1.165) is 37.2 Å². The zero-order chi connectivity index (χ0) is 21.1. The molecule has 0 heterocycles. The summed E-state index contributed by atoms with van der Waals surface area (Å²) in [6.07, 6.45) is 1.87. The normalized spacial score (nSPS) is 10.4. The molecule has 0 spiro atoms. The zero-order valence-electron chi connectivity index (χ0n) is 17.5. The number of rotatable bonds is 11. The predicted octanol–water partition coefficient (Wildman–Crippen LogP) is 3.69. The monoisotopic (exact) mass is 397 g/mol. The van der Waals surface area contributed by atoms with E-state index < -0.39 is 0 Å². The number of nitrogens with zero attached hydrogens (tertiary/aromatic N) is 1. The third-order valence-electron chi connectivity index (χ3n) is 4.46. The number of anilines is 1. The number of nitrogens with one attached hydrogen (secondary N) is 2. The first-order valence-electron chi connectivity index (χ1n) is 10.1. The molecule has 0 radical (unpaired) electrons. The topological polar surface area (TPSA) is 70.7 Å². The quantitative estimate of drug-likeness (QED) is 0.607. The van der Waals surface area contributed by atoms with Crippen LogP contribution in [-0.2, 0) is 11.3 Å².